The Morgan fingerprint density at radius 2 is 2.00 bits per heavy atom. The molecule has 2 heterocycles. The highest BCUT2D eigenvalue weighted by Crippen LogP contribution is 2.23. The number of ether oxygens (including phenoxy) is 1. The van der Waals surface area contributed by atoms with Crippen molar-refractivity contribution in [2.75, 3.05) is 7.11 Å². The lowest BCUT2D eigenvalue weighted by Gasteiger charge is -2.04. The maximum atomic E-state index is 5.48. The van der Waals surface area contributed by atoms with Gasteiger partial charge in [0.15, 0.2) is 10.4 Å². The Labute approximate surface area is 123 Å². The molecule has 0 fully saturated rings. The van der Waals surface area contributed by atoms with E-state index in [1.54, 1.807) is 11.8 Å². The molecule has 0 saturated carbocycles. The van der Waals surface area contributed by atoms with E-state index < -0.39 is 0 Å². The fourth-order valence-electron chi connectivity index (χ4n) is 1.83. The van der Waals surface area contributed by atoms with Crippen LogP contribution in [0.5, 0.6) is 5.75 Å². The zero-order chi connectivity index (χ0) is 13.9. The number of nitrogens with zero attached hydrogens (tertiary/aromatic N) is 4. The summed E-state index contributed by atoms with van der Waals surface area (Å²) < 4.78 is 12.9. The van der Waals surface area contributed by atoms with Crippen LogP contribution in [0.1, 0.15) is 5.56 Å². The van der Waals surface area contributed by atoms with Crippen molar-refractivity contribution in [2.24, 2.45) is 0 Å². The number of tetrazole rings is 1. The van der Waals surface area contributed by atoms with Crippen molar-refractivity contribution in [2.45, 2.75) is 6.54 Å². The van der Waals surface area contributed by atoms with Crippen molar-refractivity contribution in [3.05, 3.63) is 46.6 Å². The molecule has 0 bridgehead atoms. The summed E-state index contributed by atoms with van der Waals surface area (Å²) in [6, 6.07) is 11.4. The van der Waals surface area contributed by atoms with Gasteiger partial charge >= 0.3 is 0 Å². The van der Waals surface area contributed by atoms with Gasteiger partial charge in [-0.1, -0.05) is 12.1 Å². The van der Waals surface area contributed by atoms with E-state index in [2.05, 4.69) is 31.5 Å². The summed E-state index contributed by atoms with van der Waals surface area (Å²) >= 11 is 3.27. The molecule has 0 saturated heterocycles. The summed E-state index contributed by atoms with van der Waals surface area (Å²) in [5.74, 6) is 2.03. The van der Waals surface area contributed by atoms with Gasteiger partial charge in [-0.25, -0.2) is 4.68 Å². The van der Waals surface area contributed by atoms with Gasteiger partial charge in [0.1, 0.15) is 5.75 Å². The second kappa shape index (κ2) is 5.46. The summed E-state index contributed by atoms with van der Waals surface area (Å²) in [6.07, 6.45) is 0. The number of rotatable bonds is 4. The summed E-state index contributed by atoms with van der Waals surface area (Å²) in [5, 5.41) is 11.7. The number of halogens is 1. The second-order valence-corrected chi connectivity index (χ2v) is 4.89. The predicted octanol–water partition coefficient (Wildman–Crippen LogP) is 2.75. The molecule has 0 amide bonds. The van der Waals surface area contributed by atoms with Crippen molar-refractivity contribution in [1.29, 1.82) is 0 Å². The van der Waals surface area contributed by atoms with Gasteiger partial charge in [0, 0.05) is 0 Å². The van der Waals surface area contributed by atoms with Gasteiger partial charge < -0.3 is 9.15 Å². The lowest BCUT2D eigenvalue weighted by Crippen LogP contribution is -2.04. The average molecular weight is 335 g/mol. The van der Waals surface area contributed by atoms with Crippen LogP contribution in [0.4, 0.5) is 0 Å². The molecule has 0 unspecified atom stereocenters. The van der Waals surface area contributed by atoms with Gasteiger partial charge in [-0.15, -0.1) is 5.10 Å². The van der Waals surface area contributed by atoms with Crippen LogP contribution in [0.2, 0.25) is 0 Å². The molecule has 3 rings (SSSR count). The summed E-state index contributed by atoms with van der Waals surface area (Å²) in [7, 11) is 1.64. The van der Waals surface area contributed by atoms with Crippen LogP contribution < -0.4 is 4.74 Å². The van der Waals surface area contributed by atoms with E-state index in [4.69, 9.17) is 9.15 Å². The third kappa shape index (κ3) is 2.57. The molecule has 0 spiro atoms. The first-order valence-electron chi connectivity index (χ1n) is 5.91. The topological polar surface area (TPSA) is 66.0 Å². The molecule has 0 atom stereocenters. The summed E-state index contributed by atoms with van der Waals surface area (Å²) in [6.45, 7) is 0.560. The van der Waals surface area contributed by atoms with Gasteiger partial charge in [0.25, 0.3) is 0 Å². The smallest absolute Gasteiger partial charge is 0.218 e. The monoisotopic (exact) mass is 334 g/mol. The fourth-order valence-corrected chi connectivity index (χ4v) is 2.13. The molecule has 2 aromatic heterocycles. The Kier molecular flexibility index (Phi) is 3.51. The van der Waals surface area contributed by atoms with Crippen LogP contribution in [-0.2, 0) is 6.54 Å². The molecule has 3 aromatic rings. The Hall–Kier alpha value is -2.15. The van der Waals surface area contributed by atoms with E-state index in [1.165, 1.54) is 0 Å². The van der Waals surface area contributed by atoms with Gasteiger partial charge in [0.2, 0.25) is 5.82 Å². The lowest BCUT2D eigenvalue weighted by atomic mass is 10.2. The molecule has 0 N–H and O–H groups in total. The van der Waals surface area contributed by atoms with Crippen molar-refractivity contribution >= 4 is 15.9 Å². The van der Waals surface area contributed by atoms with Gasteiger partial charge in [-0.2, -0.15) is 0 Å². The Balaban J connectivity index is 1.86. The molecule has 102 valence electrons. The molecule has 7 heteroatoms. The van der Waals surface area contributed by atoms with Gasteiger partial charge in [-0.05, 0) is 56.2 Å². The molecule has 6 nitrogen and oxygen atoms in total. The van der Waals surface area contributed by atoms with E-state index >= 15 is 0 Å². The molecular weight excluding hydrogens is 324 g/mol. The first-order chi connectivity index (χ1) is 9.76. The van der Waals surface area contributed by atoms with Crippen LogP contribution in [0.3, 0.4) is 0 Å². The van der Waals surface area contributed by atoms with Crippen LogP contribution >= 0.6 is 15.9 Å². The van der Waals surface area contributed by atoms with E-state index in [0.29, 0.717) is 22.8 Å². The lowest BCUT2D eigenvalue weighted by molar-refractivity contribution is 0.414. The van der Waals surface area contributed by atoms with E-state index in [1.807, 2.05) is 36.4 Å². The van der Waals surface area contributed by atoms with E-state index in [-0.39, 0.29) is 0 Å². The molecule has 0 aliphatic rings. The average Bonchev–Trinajstić information content (AvgIpc) is 3.08. The van der Waals surface area contributed by atoms with Gasteiger partial charge in [-0.3, -0.25) is 0 Å². The second-order valence-electron chi connectivity index (χ2n) is 4.11. The third-order valence-electron chi connectivity index (χ3n) is 2.82. The number of aromatic nitrogens is 4. The first kappa shape index (κ1) is 12.9. The maximum Gasteiger partial charge on any atom is 0.218 e. The normalized spacial score (nSPS) is 10.7. The largest absolute Gasteiger partial charge is 0.497 e. The molecule has 0 radical (unpaired) electrons. The SMILES string of the molecule is COc1ccc(Cn2nnnc2-c2ccc(Br)o2)cc1. The fraction of sp³-hybridized carbons (Fsp3) is 0.154. The van der Waals surface area contributed by atoms with E-state index in [9.17, 15) is 0 Å². The number of hydrogen-bond acceptors (Lipinski definition) is 5. The van der Waals surface area contributed by atoms with Crippen molar-refractivity contribution < 1.29 is 9.15 Å². The molecule has 20 heavy (non-hydrogen) atoms. The Bertz CT molecular complexity index is 705. The maximum absolute atomic E-state index is 5.48. The van der Waals surface area contributed by atoms with Crippen LogP contribution in [0, 0.1) is 0 Å². The van der Waals surface area contributed by atoms with E-state index in [0.717, 1.165) is 11.3 Å². The number of furan rings is 1. The zero-order valence-electron chi connectivity index (χ0n) is 10.7. The molecule has 0 aliphatic heterocycles. The van der Waals surface area contributed by atoms with Crippen LogP contribution in [0.15, 0.2) is 45.5 Å². The molecular formula is C13H11BrN4O2. The van der Waals surface area contributed by atoms with Crippen molar-refractivity contribution in [1.82, 2.24) is 20.2 Å². The highest BCUT2D eigenvalue weighted by Gasteiger charge is 2.13. The quantitative estimate of drug-likeness (QED) is 0.733. The molecule has 0 aliphatic carbocycles. The summed E-state index contributed by atoms with van der Waals surface area (Å²) in [5.41, 5.74) is 1.07. The zero-order valence-corrected chi connectivity index (χ0v) is 12.2. The molecule has 1 aromatic carbocycles. The Morgan fingerprint density at radius 3 is 2.65 bits per heavy atom. The highest BCUT2D eigenvalue weighted by molar-refractivity contribution is 9.10. The highest BCUT2D eigenvalue weighted by atomic mass is 79.9. The standard InChI is InChI=1S/C13H11BrN4O2/c1-19-10-4-2-9(3-5-10)8-18-13(15-16-17-18)11-6-7-12(14)20-11/h2-7H,8H2,1H3. The predicted molar refractivity (Wildman–Crippen MR) is 75.3 cm³/mol. The van der Waals surface area contributed by atoms with Crippen molar-refractivity contribution in [3.63, 3.8) is 0 Å². The number of benzene rings is 1. The summed E-state index contributed by atoms with van der Waals surface area (Å²) in [4.78, 5) is 0. The van der Waals surface area contributed by atoms with Crippen molar-refractivity contribution in [3.8, 4) is 17.3 Å². The minimum atomic E-state index is 0.560. The minimum absolute atomic E-state index is 0.560. The first-order valence-corrected chi connectivity index (χ1v) is 6.70. The minimum Gasteiger partial charge on any atom is -0.497 e. The Morgan fingerprint density at radius 1 is 1.20 bits per heavy atom. The number of hydrogen-bond donors (Lipinski definition) is 0. The van der Waals surface area contributed by atoms with Crippen LogP contribution in [0.25, 0.3) is 11.6 Å². The third-order valence-corrected chi connectivity index (χ3v) is 3.24. The van der Waals surface area contributed by atoms with Crippen LogP contribution in [-0.4, -0.2) is 27.3 Å². The number of methoxy groups -OCH3 is 1. The van der Waals surface area contributed by atoms with Gasteiger partial charge in [0.05, 0.1) is 13.7 Å².